The third-order valence-corrected chi connectivity index (χ3v) is 14.0. The van der Waals surface area contributed by atoms with Crippen molar-refractivity contribution >= 4 is 23.6 Å². The maximum atomic E-state index is 15.0. The second kappa shape index (κ2) is 12.5. The van der Waals surface area contributed by atoms with E-state index >= 15 is 4.79 Å². The molecule has 5 aliphatic rings. The van der Waals surface area contributed by atoms with Gasteiger partial charge in [0.05, 0.1) is 18.3 Å². The lowest BCUT2D eigenvalue weighted by molar-refractivity contribution is -0.155. The highest BCUT2D eigenvalue weighted by Gasteiger charge is 2.73. The molecule has 0 saturated heterocycles. The van der Waals surface area contributed by atoms with Crippen LogP contribution in [0.4, 0.5) is 0 Å². The number of hydrogen-bond donors (Lipinski definition) is 4. The number of ketones is 2. The molecule has 1 aromatic carbocycles. The van der Waals surface area contributed by atoms with E-state index in [4.69, 9.17) is 0 Å². The molecular formula is C41H54O7. The molecule has 0 aliphatic heterocycles. The summed E-state index contributed by atoms with van der Waals surface area (Å²) in [5.41, 5.74) is -0.367. The van der Waals surface area contributed by atoms with Crippen molar-refractivity contribution in [3.8, 4) is 0 Å². The topological polar surface area (TPSA) is 132 Å². The van der Waals surface area contributed by atoms with Crippen LogP contribution in [-0.2, 0) is 14.4 Å². The van der Waals surface area contributed by atoms with Gasteiger partial charge in [0.1, 0.15) is 5.78 Å². The SMILES string of the molecule is CC(=C[C@@H](O)C[C@@H](C)[C@@H]1C[C@H](O)[C@]2(C)C3=C4C(=O)C[C@@]12CCCCC[C@@]41CCC(=O)C(C)(C)[C@H]1[C@H](C=Cc1ccccc1)[C@H]3O)C(=O)O. The lowest BCUT2D eigenvalue weighted by Crippen LogP contribution is -2.64. The zero-order valence-corrected chi connectivity index (χ0v) is 29.2. The zero-order valence-electron chi connectivity index (χ0n) is 29.2. The van der Waals surface area contributed by atoms with Gasteiger partial charge < -0.3 is 20.4 Å². The molecule has 7 heteroatoms. The van der Waals surface area contributed by atoms with Gasteiger partial charge in [0.25, 0.3) is 0 Å². The summed E-state index contributed by atoms with van der Waals surface area (Å²) in [5, 5.41) is 45.4. The number of fused-ring (bicyclic) bond motifs is 2. The molecule has 0 amide bonds. The first-order valence-corrected chi connectivity index (χ1v) is 18.1. The van der Waals surface area contributed by atoms with Gasteiger partial charge in [-0.25, -0.2) is 4.79 Å². The summed E-state index contributed by atoms with van der Waals surface area (Å²) in [7, 11) is 0. The number of Topliss-reactive ketones (excluding diaryl/α,β-unsaturated/α-hetero) is 2. The van der Waals surface area contributed by atoms with Crippen LogP contribution < -0.4 is 0 Å². The lowest BCUT2D eigenvalue weighted by Gasteiger charge is -2.65. The van der Waals surface area contributed by atoms with E-state index in [9.17, 15) is 30.0 Å². The van der Waals surface area contributed by atoms with E-state index in [1.54, 1.807) is 0 Å². The van der Waals surface area contributed by atoms with Crippen LogP contribution in [0.15, 0.2) is 59.2 Å². The second-order valence-corrected chi connectivity index (χ2v) is 16.7. The smallest absolute Gasteiger partial charge is 0.331 e. The number of rotatable bonds is 7. The van der Waals surface area contributed by atoms with Crippen molar-refractivity contribution in [2.24, 2.45) is 45.3 Å². The number of carboxylic acids is 1. The summed E-state index contributed by atoms with van der Waals surface area (Å²) in [6, 6.07) is 9.95. The van der Waals surface area contributed by atoms with E-state index in [2.05, 4.69) is 13.0 Å². The van der Waals surface area contributed by atoms with Crippen LogP contribution in [0.3, 0.4) is 0 Å². The van der Waals surface area contributed by atoms with Crippen molar-refractivity contribution < 1.29 is 34.8 Å². The predicted octanol–water partition coefficient (Wildman–Crippen LogP) is 6.71. The Morgan fingerprint density at radius 3 is 2.40 bits per heavy atom. The van der Waals surface area contributed by atoms with Crippen LogP contribution >= 0.6 is 0 Å². The molecule has 260 valence electrons. The van der Waals surface area contributed by atoms with Gasteiger partial charge >= 0.3 is 5.97 Å². The van der Waals surface area contributed by atoms with Crippen molar-refractivity contribution in [3.63, 3.8) is 0 Å². The van der Waals surface area contributed by atoms with Crippen LogP contribution in [0.5, 0.6) is 0 Å². The van der Waals surface area contributed by atoms with Gasteiger partial charge in [-0.05, 0) is 79.4 Å². The Hall–Kier alpha value is -2.87. The van der Waals surface area contributed by atoms with E-state index in [0.717, 1.165) is 37.7 Å². The molecule has 2 spiro atoms. The van der Waals surface area contributed by atoms with Crippen molar-refractivity contribution in [2.75, 3.05) is 0 Å². The highest BCUT2D eigenvalue weighted by molar-refractivity contribution is 6.01. The minimum atomic E-state index is -1.07. The van der Waals surface area contributed by atoms with Crippen LogP contribution in [0.25, 0.3) is 6.08 Å². The Kier molecular flexibility index (Phi) is 9.09. The van der Waals surface area contributed by atoms with Gasteiger partial charge in [-0.3, -0.25) is 9.59 Å². The molecule has 2 bridgehead atoms. The number of carbonyl (C=O) groups excluding carboxylic acids is 2. The predicted molar refractivity (Wildman–Crippen MR) is 184 cm³/mol. The number of aliphatic hydroxyl groups is 3. The first kappa shape index (κ1) is 35.0. The molecule has 0 heterocycles. The van der Waals surface area contributed by atoms with Crippen molar-refractivity contribution in [1.29, 1.82) is 0 Å². The van der Waals surface area contributed by atoms with Crippen molar-refractivity contribution in [3.05, 3.63) is 64.8 Å². The van der Waals surface area contributed by atoms with E-state index in [1.807, 2.05) is 57.2 Å². The molecule has 7 nitrogen and oxygen atoms in total. The Labute approximate surface area is 285 Å². The number of carboxylic acid groups (broad SMARTS) is 1. The number of aliphatic carboxylic acids is 1. The molecule has 5 aliphatic carbocycles. The standard InChI is InChI=1S/C41H54O7/c1-24(20-27(42)21-25(2)37(47)48)29-22-32(45)39(5)34-33-30(43)23-41(29,39)18-11-7-10-17-40(33)19-16-31(44)38(3,4)36(40)28(35(34)46)15-14-26-12-8-6-9-13-26/h6,8-9,12-15,21,24,27-29,32,35-36,42,45-46H,7,10-11,16-20,22-23H2,1-5H3,(H,47,48)/t24-,27+,28-,29+,32+,35-,36-,39-,40-,41+/m1/s1. The number of aliphatic hydroxyl groups excluding tert-OH is 3. The maximum Gasteiger partial charge on any atom is 0.331 e. The number of carbonyl (C=O) groups is 3. The van der Waals surface area contributed by atoms with E-state index in [-0.39, 0.29) is 41.3 Å². The average Bonchev–Trinajstić information content (AvgIpc) is 3.25. The third kappa shape index (κ3) is 5.13. The molecule has 0 radical (unpaired) electrons. The Bertz CT molecular complexity index is 1550. The van der Waals surface area contributed by atoms with Crippen molar-refractivity contribution in [2.45, 2.75) is 117 Å². The molecule has 48 heavy (non-hydrogen) atoms. The zero-order chi connectivity index (χ0) is 34.8. The van der Waals surface area contributed by atoms with Crippen LogP contribution in [0, 0.1) is 45.3 Å². The highest BCUT2D eigenvalue weighted by Crippen LogP contribution is 2.74. The highest BCUT2D eigenvalue weighted by atomic mass is 16.4. The molecule has 10 atom stereocenters. The number of allylic oxidation sites excluding steroid dienone is 1. The van der Waals surface area contributed by atoms with Crippen molar-refractivity contribution in [1.82, 2.24) is 0 Å². The van der Waals surface area contributed by atoms with Crippen LogP contribution in [0.1, 0.15) is 104 Å². The third-order valence-electron chi connectivity index (χ3n) is 14.0. The average molecular weight is 659 g/mol. The lowest BCUT2D eigenvalue weighted by atomic mass is 9.38. The van der Waals surface area contributed by atoms with Crippen LogP contribution in [-0.4, -0.2) is 56.3 Å². The quantitative estimate of drug-likeness (QED) is 0.240. The van der Waals surface area contributed by atoms with Gasteiger partial charge in [0.15, 0.2) is 5.78 Å². The van der Waals surface area contributed by atoms with Gasteiger partial charge in [0, 0.05) is 46.2 Å². The maximum absolute atomic E-state index is 15.0. The monoisotopic (exact) mass is 658 g/mol. The van der Waals surface area contributed by atoms with Gasteiger partial charge in [-0.15, -0.1) is 0 Å². The summed E-state index contributed by atoms with van der Waals surface area (Å²) in [6.45, 7) is 9.63. The molecular weight excluding hydrogens is 604 g/mol. The van der Waals surface area contributed by atoms with Crippen LogP contribution in [0.2, 0.25) is 0 Å². The Morgan fingerprint density at radius 1 is 1.02 bits per heavy atom. The molecule has 1 aromatic rings. The Balaban J connectivity index is 1.54. The van der Waals surface area contributed by atoms with Gasteiger partial charge in [-0.2, -0.15) is 0 Å². The largest absolute Gasteiger partial charge is 0.478 e. The number of hydrogen-bond acceptors (Lipinski definition) is 6. The fraction of sp³-hybridized carbons (Fsp3) is 0.634. The van der Waals surface area contributed by atoms with E-state index in [0.29, 0.717) is 36.8 Å². The van der Waals surface area contributed by atoms with Gasteiger partial charge in [0.2, 0.25) is 0 Å². The Morgan fingerprint density at radius 2 is 1.71 bits per heavy atom. The molecule has 3 saturated carbocycles. The second-order valence-electron chi connectivity index (χ2n) is 16.7. The fourth-order valence-electron chi connectivity index (χ4n) is 11.9. The molecule has 6 rings (SSSR count). The number of benzene rings is 1. The minimum Gasteiger partial charge on any atom is -0.478 e. The molecule has 0 unspecified atom stereocenters. The first-order chi connectivity index (χ1) is 22.6. The summed E-state index contributed by atoms with van der Waals surface area (Å²) < 4.78 is 0. The summed E-state index contributed by atoms with van der Waals surface area (Å²) >= 11 is 0. The summed E-state index contributed by atoms with van der Waals surface area (Å²) in [5.74, 6) is -1.78. The molecule has 0 aromatic heterocycles. The minimum absolute atomic E-state index is 0.0533. The first-order valence-electron chi connectivity index (χ1n) is 18.1. The molecule has 3 fully saturated rings. The van der Waals surface area contributed by atoms with E-state index in [1.165, 1.54) is 13.0 Å². The van der Waals surface area contributed by atoms with E-state index < -0.39 is 51.9 Å². The normalized spacial score (nSPS) is 39.2. The van der Waals surface area contributed by atoms with Gasteiger partial charge in [-0.1, -0.05) is 89.4 Å². The summed E-state index contributed by atoms with van der Waals surface area (Å²) in [4.78, 5) is 40.2. The fourth-order valence-corrected chi connectivity index (χ4v) is 11.9. The molecule has 4 N–H and O–H groups in total. The summed E-state index contributed by atoms with van der Waals surface area (Å²) in [6.07, 6.45) is 8.96.